The first-order valence-electron chi connectivity index (χ1n) is 7.06. The zero-order valence-electron chi connectivity index (χ0n) is 11.1. The maximum Gasteiger partial charge on any atom is 0.238 e. The van der Waals surface area contributed by atoms with Crippen molar-refractivity contribution in [2.75, 3.05) is 6.54 Å². The van der Waals surface area contributed by atoms with Gasteiger partial charge in [0.05, 0.1) is 6.42 Å². The minimum absolute atomic E-state index is 0.149. The molecule has 2 fully saturated rings. The topological polar surface area (TPSA) is 58.4 Å². The Morgan fingerprint density at radius 1 is 1.26 bits per heavy atom. The zero-order chi connectivity index (χ0) is 13.2. The van der Waals surface area contributed by atoms with Crippen LogP contribution in [0.1, 0.15) is 30.4 Å². The van der Waals surface area contributed by atoms with Crippen LogP contribution in [0.15, 0.2) is 24.3 Å². The molecule has 19 heavy (non-hydrogen) atoms. The number of fused-ring (bicyclic) bond motifs is 2. The Bertz CT molecular complexity index is 457. The van der Waals surface area contributed by atoms with Gasteiger partial charge in [-0.25, -0.2) is 5.84 Å². The molecule has 3 rings (SSSR count). The van der Waals surface area contributed by atoms with Gasteiger partial charge < -0.3 is 0 Å². The van der Waals surface area contributed by atoms with Crippen LogP contribution in [-0.4, -0.2) is 23.4 Å². The number of likely N-dealkylation sites (tertiary alicyclic amines) is 1. The first kappa shape index (κ1) is 12.6. The molecule has 1 aliphatic carbocycles. The highest BCUT2D eigenvalue weighted by Crippen LogP contribution is 2.38. The van der Waals surface area contributed by atoms with Crippen molar-refractivity contribution in [2.24, 2.45) is 11.8 Å². The van der Waals surface area contributed by atoms with E-state index < -0.39 is 0 Å². The van der Waals surface area contributed by atoms with E-state index in [2.05, 4.69) is 22.5 Å². The van der Waals surface area contributed by atoms with Crippen molar-refractivity contribution in [3.05, 3.63) is 35.4 Å². The predicted molar refractivity (Wildman–Crippen MR) is 74.0 cm³/mol. The fourth-order valence-electron chi connectivity index (χ4n) is 3.45. The van der Waals surface area contributed by atoms with Crippen molar-refractivity contribution in [1.82, 2.24) is 10.3 Å². The van der Waals surface area contributed by atoms with E-state index in [0.717, 1.165) is 24.1 Å². The van der Waals surface area contributed by atoms with E-state index in [1.807, 2.05) is 12.1 Å². The molecule has 1 saturated heterocycles. The van der Waals surface area contributed by atoms with Gasteiger partial charge in [0.1, 0.15) is 0 Å². The van der Waals surface area contributed by atoms with Gasteiger partial charge in [0, 0.05) is 19.1 Å². The van der Waals surface area contributed by atoms with Crippen molar-refractivity contribution < 1.29 is 4.79 Å². The Kier molecular flexibility index (Phi) is 3.53. The average Bonchev–Trinajstić information content (AvgIpc) is 3.03. The fraction of sp³-hybridized carbons (Fsp3) is 0.533. The van der Waals surface area contributed by atoms with Crippen molar-refractivity contribution in [3.63, 3.8) is 0 Å². The molecule has 2 bridgehead atoms. The lowest BCUT2D eigenvalue weighted by molar-refractivity contribution is -0.120. The molecule has 0 spiro atoms. The summed E-state index contributed by atoms with van der Waals surface area (Å²) in [6, 6.07) is 9.13. The highest BCUT2D eigenvalue weighted by molar-refractivity contribution is 5.77. The van der Waals surface area contributed by atoms with Crippen molar-refractivity contribution in [1.29, 1.82) is 0 Å². The van der Waals surface area contributed by atoms with Crippen LogP contribution in [0.5, 0.6) is 0 Å². The quantitative estimate of drug-likeness (QED) is 0.485. The van der Waals surface area contributed by atoms with Crippen LogP contribution >= 0.6 is 0 Å². The van der Waals surface area contributed by atoms with E-state index in [4.69, 9.17) is 5.84 Å². The summed E-state index contributed by atoms with van der Waals surface area (Å²) in [5, 5.41) is 0. The second kappa shape index (κ2) is 5.31. The molecule has 1 aromatic carbocycles. The summed E-state index contributed by atoms with van der Waals surface area (Å²) >= 11 is 0. The highest BCUT2D eigenvalue weighted by Gasteiger charge is 2.37. The Hall–Kier alpha value is -1.39. The number of nitrogens with two attached hydrogens (primary N) is 1. The second-order valence-corrected chi connectivity index (χ2v) is 5.82. The number of hydrogen-bond donors (Lipinski definition) is 2. The van der Waals surface area contributed by atoms with Gasteiger partial charge in [-0.2, -0.15) is 0 Å². The Morgan fingerprint density at radius 2 is 2.00 bits per heavy atom. The first-order valence-corrected chi connectivity index (χ1v) is 7.06. The van der Waals surface area contributed by atoms with Gasteiger partial charge in [-0.1, -0.05) is 24.3 Å². The third-order valence-electron chi connectivity index (χ3n) is 4.46. The fourth-order valence-corrected chi connectivity index (χ4v) is 3.45. The average molecular weight is 259 g/mol. The number of hydrogen-bond acceptors (Lipinski definition) is 3. The van der Waals surface area contributed by atoms with Gasteiger partial charge in [-0.15, -0.1) is 0 Å². The number of rotatable bonds is 4. The van der Waals surface area contributed by atoms with E-state index in [0.29, 0.717) is 6.42 Å². The molecule has 2 atom stereocenters. The lowest BCUT2D eigenvalue weighted by atomic mass is 10.1. The molecule has 1 saturated carbocycles. The standard InChI is InChI=1S/C15H21N3O/c16-17-15(19)8-11-1-3-12(4-2-11)9-18-10-13-5-6-14(18)7-13/h1-4,13-14H,5-10,16H2,(H,17,19). The zero-order valence-corrected chi connectivity index (χ0v) is 11.1. The molecule has 2 aliphatic rings. The molecule has 1 heterocycles. The number of nitrogens with one attached hydrogen (secondary N) is 1. The van der Waals surface area contributed by atoms with Crippen LogP contribution in [0.25, 0.3) is 0 Å². The van der Waals surface area contributed by atoms with E-state index in [1.165, 1.54) is 31.4 Å². The van der Waals surface area contributed by atoms with Crippen LogP contribution < -0.4 is 11.3 Å². The summed E-state index contributed by atoms with van der Waals surface area (Å²) in [6.45, 7) is 2.31. The first-order chi connectivity index (χ1) is 9.24. The van der Waals surface area contributed by atoms with Crippen LogP contribution in [0, 0.1) is 5.92 Å². The van der Waals surface area contributed by atoms with Gasteiger partial charge >= 0.3 is 0 Å². The molecule has 4 nitrogen and oxygen atoms in total. The molecular weight excluding hydrogens is 238 g/mol. The maximum atomic E-state index is 11.2. The normalized spacial score (nSPS) is 25.7. The SMILES string of the molecule is NNC(=O)Cc1ccc(CN2CC3CCC2C3)cc1. The summed E-state index contributed by atoms with van der Waals surface area (Å²) in [6.07, 6.45) is 4.55. The molecule has 0 radical (unpaired) electrons. The number of benzene rings is 1. The summed E-state index contributed by atoms with van der Waals surface area (Å²) < 4.78 is 0. The lowest BCUT2D eigenvalue weighted by Crippen LogP contribution is -2.31. The van der Waals surface area contributed by atoms with E-state index >= 15 is 0 Å². The number of carbonyl (C=O) groups is 1. The Balaban J connectivity index is 1.58. The number of hydrazine groups is 1. The third-order valence-corrected chi connectivity index (χ3v) is 4.46. The van der Waals surface area contributed by atoms with Crippen LogP contribution in [-0.2, 0) is 17.8 Å². The van der Waals surface area contributed by atoms with E-state index in [9.17, 15) is 4.79 Å². The minimum Gasteiger partial charge on any atom is -0.296 e. The van der Waals surface area contributed by atoms with Crippen molar-refractivity contribution in [3.8, 4) is 0 Å². The predicted octanol–water partition coefficient (Wildman–Crippen LogP) is 1.20. The summed E-state index contributed by atoms with van der Waals surface area (Å²) in [5.74, 6) is 5.88. The molecule has 1 amide bonds. The molecule has 102 valence electrons. The lowest BCUT2D eigenvalue weighted by Gasteiger charge is -2.26. The number of carbonyl (C=O) groups excluding carboxylic acids is 1. The summed E-state index contributed by atoms with van der Waals surface area (Å²) in [7, 11) is 0. The molecule has 1 aliphatic heterocycles. The summed E-state index contributed by atoms with van der Waals surface area (Å²) in [5.41, 5.74) is 4.50. The molecule has 2 unspecified atom stereocenters. The van der Waals surface area contributed by atoms with E-state index in [-0.39, 0.29) is 5.91 Å². The summed E-state index contributed by atoms with van der Waals surface area (Å²) in [4.78, 5) is 13.8. The van der Waals surface area contributed by atoms with Gasteiger partial charge in [-0.3, -0.25) is 15.1 Å². The molecular formula is C15H21N3O. The van der Waals surface area contributed by atoms with Gasteiger partial charge in [0.15, 0.2) is 0 Å². The third kappa shape index (κ3) is 2.80. The monoisotopic (exact) mass is 259 g/mol. The minimum atomic E-state index is -0.149. The second-order valence-electron chi connectivity index (χ2n) is 5.82. The van der Waals surface area contributed by atoms with Crippen LogP contribution in [0.2, 0.25) is 0 Å². The molecule has 3 N–H and O–H groups in total. The van der Waals surface area contributed by atoms with Gasteiger partial charge in [0.25, 0.3) is 0 Å². The Morgan fingerprint density at radius 3 is 2.58 bits per heavy atom. The van der Waals surface area contributed by atoms with Gasteiger partial charge in [-0.05, 0) is 36.3 Å². The van der Waals surface area contributed by atoms with Gasteiger partial charge in [0.2, 0.25) is 5.91 Å². The van der Waals surface area contributed by atoms with E-state index in [1.54, 1.807) is 0 Å². The smallest absolute Gasteiger partial charge is 0.238 e. The number of piperidine rings is 1. The van der Waals surface area contributed by atoms with Crippen LogP contribution in [0.3, 0.4) is 0 Å². The van der Waals surface area contributed by atoms with Crippen molar-refractivity contribution in [2.45, 2.75) is 38.3 Å². The van der Waals surface area contributed by atoms with Crippen molar-refractivity contribution >= 4 is 5.91 Å². The maximum absolute atomic E-state index is 11.2. The molecule has 4 heteroatoms. The van der Waals surface area contributed by atoms with Crippen LogP contribution in [0.4, 0.5) is 0 Å². The molecule has 1 aromatic rings. The Labute approximate surface area is 113 Å². The number of nitrogens with zero attached hydrogens (tertiary/aromatic N) is 1. The largest absolute Gasteiger partial charge is 0.296 e. The molecule has 0 aromatic heterocycles. The highest BCUT2D eigenvalue weighted by atomic mass is 16.2. The number of amides is 1.